The minimum atomic E-state index is -0.102. The fourth-order valence-electron chi connectivity index (χ4n) is 2.49. The molecule has 1 saturated carbocycles. The van der Waals surface area contributed by atoms with Crippen molar-refractivity contribution < 1.29 is 9.59 Å². The molecule has 7 heteroatoms. The number of halogens is 1. The van der Waals surface area contributed by atoms with Crippen LogP contribution in [-0.2, 0) is 4.79 Å². The molecule has 0 aromatic carbocycles. The first-order valence-electron chi connectivity index (χ1n) is 8.24. The second kappa shape index (κ2) is 13.6. The molecular weight excluding hydrogens is 304 g/mol. The Morgan fingerprint density at radius 2 is 1.73 bits per heavy atom. The maximum atomic E-state index is 11.7. The highest BCUT2D eigenvalue weighted by Gasteiger charge is 2.15. The molecule has 0 radical (unpaired) electrons. The second-order valence-electron chi connectivity index (χ2n) is 5.54. The first-order chi connectivity index (χ1) is 10.2. The van der Waals surface area contributed by atoms with E-state index in [-0.39, 0.29) is 24.3 Å². The van der Waals surface area contributed by atoms with Crippen LogP contribution in [-0.4, -0.2) is 44.2 Å². The van der Waals surface area contributed by atoms with E-state index in [4.69, 9.17) is 0 Å². The van der Waals surface area contributed by atoms with Crippen molar-refractivity contribution >= 4 is 24.3 Å². The Morgan fingerprint density at radius 3 is 2.41 bits per heavy atom. The van der Waals surface area contributed by atoms with Gasteiger partial charge < -0.3 is 21.3 Å². The van der Waals surface area contributed by atoms with Crippen LogP contribution in [0.3, 0.4) is 0 Å². The fraction of sp³-hybridized carbons (Fsp3) is 0.867. The van der Waals surface area contributed by atoms with Crippen LogP contribution in [0.15, 0.2) is 0 Å². The summed E-state index contributed by atoms with van der Waals surface area (Å²) < 4.78 is 0. The number of likely N-dealkylation sites (N-methyl/N-ethyl adjacent to an activating group) is 1. The zero-order valence-corrected chi connectivity index (χ0v) is 14.4. The van der Waals surface area contributed by atoms with Gasteiger partial charge in [-0.15, -0.1) is 12.4 Å². The largest absolute Gasteiger partial charge is 0.355 e. The van der Waals surface area contributed by atoms with E-state index in [0.717, 1.165) is 25.9 Å². The van der Waals surface area contributed by atoms with E-state index in [1.807, 2.05) is 6.92 Å². The van der Waals surface area contributed by atoms with E-state index < -0.39 is 0 Å². The van der Waals surface area contributed by atoms with Gasteiger partial charge in [0, 0.05) is 32.1 Å². The summed E-state index contributed by atoms with van der Waals surface area (Å²) in [7, 11) is 0. The van der Waals surface area contributed by atoms with E-state index in [2.05, 4.69) is 21.3 Å². The van der Waals surface area contributed by atoms with Gasteiger partial charge in [-0.25, -0.2) is 4.79 Å². The van der Waals surface area contributed by atoms with Gasteiger partial charge in [0.15, 0.2) is 0 Å². The van der Waals surface area contributed by atoms with Crippen LogP contribution in [0.1, 0.15) is 51.9 Å². The highest BCUT2D eigenvalue weighted by atomic mass is 35.5. The van der Waals surface area contributed by atoms with Gasteiger partial charge in [-0.3, -0.25) is 4.79 Å². The number of nitrogens with one attached hydrogen (secondary N) is 4. The summed E-state index contributed by atoms with van der Waals surface area (Å²) in [5.41, 5.74) is 0. The topological polar surface area (TPSA) is 82.3 Å². The monoisotopic (exact) mass is 334 g/mol. The molecule has 0 aromatic heterocycles. The van der Waals surface area contributed by atoms with Crippen molar-refractivity contribution in [1.82, 2.24) is 21.3 Å². The van der Waals surface area contributed by atoms with Crippen molar-refractivity contribution in [1.29, 1.82) is 0 Å². The average Bonchev–Trinajstić information content (AvgIpc) is 2.49. The van der Waals surface area contributed by atoms with Crippen molar-refractivity contribution in [2.75, 3.05) is 26.2 Å². The first-order valence-corrected chi connectivity index (χ1v) is 8.24. The number of carbonyl (C=O) groups excluding carboxylic acids is 2. The van der Waals surface area contributed by atoms with Gasteiger partial charge in [0.2, 0.25) is 5.91 Å². The SMILES string of the molecule is CCNCCNC(=O)CCCNC(=O)NC1CCCCC1.Cl. The molecule has 1 rings (SSSR count). The van der Waals surface area contributed by atoms with Crippen LogP contribution in [0.5, 0.6) is 0 Å². The van der Waals surface area contributed by atoms with Crippen molar-refractivity contribution in [2.45, 2.75) is 57.9 Å². The summed E-state index contributed by atoms with van der Waals surface area (Å²) in [5, 5.41) is 11.8. The van der Waals surface area contributed by atoms with Crippen LogP contribution >= 0.6 is 12.4 Å². The molecule has 0 spiro atoms. The van der Waals surface area contributed by atoms with E-state index in [1.165, 1.54) is 19.3 Å². The number of hydrogen-bond acceptors (Lipinski definition) is 3. The quantitative estimate of drug-likeness (QED) is 0.483. The Bertz CT molecular complexity index is 310. The molecule has 0 saturated heterocycles. The van der Waals surface area contributed by atoms with E-state index in [0.29, 0.717) is 32.0 Å². The number of urea groups is 1. The molecule has 1 aliphatic carbocycles. The summed E-state index contributed by atoms with van der Waals surface area (Å²) in [6.45, 7) is 4.94. The molecule has 1 aliphatic rings. The second-order valence-corrected chi connectivity index (χ2v) is 5.54. The molecule has 0 unspecified atom stereocenters. The van der Waals surface area contributed by atoms with E-state index >= 15 is 0 Å². The summed E-state index contributed by atoms with van der Waals surface area (Å²) in [6.07, 6.45) is 6.99. The lowest BCUT2D eigenvalue weighted by Gasteiger charge is -2.22. The lowest BCUT2D eigenvalue weighted by Crippen LogP contribution is -2.43. The summed E-state index contributed by atoms with van der Waals surface area (Å²) in [6, 6.07) is 0.225. The lowest BCUT2D eigenvalue weighted by molar-refractivity contribution is -0.121. The Morgan fingerprint density at radius 1 is 1.00 bits per heavy atom. The predicted octanol–water partition coefficient (Wildman–Crippen LogP) is 1.55. The van der Waals surface area contributed by atoms with Crippen molar-refractivity contribution in [3.63, 3.8) is 0 Å². The molecule has 0 bridgehead atoms. The van der Waals surface area contributed by atoms with Crippen LogP contribution in [0, 0.1) is 0 Å². The minimum absolute atomic E-state index is 0. The van der Waals surface area contributed by atoms with Crippen LogP contribution in [0.4, 0.5) is 4.79 Å². The third-order valence-electron chi connectivity index (χ3n) is 3.68. The zero-order chi connectivity index (χ0) is 15.3. The van der Waals surface area contributed by atoms with Gasteiger partial charge in [-0.1, -0.05) is 26.2 Å². The molecular formula is C15H31ClN4O2. The maximum Gasteiger partial charge on any atom is 0.315 e. The van der Waals surface area contributed by atoms with E-state index in [9.17, 15) is 9.59 Å². The molecule has 0 aliphatic heterocycles. The Balaban J connectivity index is 0.00000441. The molecule has 0 atom stereocenters. The van der Waals surface area contributed by atoms with Gasteiger partial charge >= 0.3 is 6.03 Å². The third kappa shape index (κ3) is 10.7. The van der Waals surface area contributed by atoms with Crippen LogP contribution in [0.2, 0.25) is 0 Å². The van der Waals surface area contributed by atoms with E-state index in [1.54, 1.807) is 0 Å². The number of hydrogen-bond donors (Lipinski definition) is 4. The maximum absolute atomic E-state index is 11.7. The van der Waals surface area contributed by atoms with Gasteiger partial charge in [-0.2, -0.15) is 0 Å². The van der Waals surface area contributed by atoms with Crippen molar-refractivity contribution in [3.05, 3.63) is 0 Å². The standard InChI is InChI=1S/C15H30N4O2.ClH/c1-2-16-11-12-17-14(20)9-6-10-18-15(21)19-13-7-4-3-5-8-13;/h13,16H,2-12H2,1H3,(H,17,20)(H2,18,19,21);1H. The third-order valence-corrected chi connectivity index (χ3v) is 3.68. The van der Waals surface area contributed by atoms with Gasteiger partial charge in [0.05, 0.1) is 0 Å². The number of amides is 3. The molecule has 6 nitrogen and oxygen atoms in total. The molecule has 1 fully saturated rings. The van der Waals surface area contributed by atoms with Gasteiger partial charge in [-0.05, 0) is 25.8 Å². The van der Waals surface area contributed by atoms with Gasteiger partial charge in [0.25, 0.3) is 0 Å². The molecule has 0 heterocycles. The van der Waals surface area contributed by atoms with Gasteiger partial charge in [0.1, 0.15) is 0 Å². The number of carbonyl (C=O) groups is 2. The molecule has 0 aromatic rings. The Labute approximate surface area is 140 Å². The normalized spacial score (nSPS) is 14.8. The fourth-order valence-corrected chi connectivity index (χ4v) is 2.49. The van der Waals surface area contributed by atoms with Crippen molar-refractivity contribution in [2.24, 2.45) is 0 Å². The Kier molecular flexibility index (Phi) is 13.0. The van der Waals surface area contributed by atoms with Crippen LogP contribution in [0.25, 0.3) is 0 Å². The van der Waals surface area contributed by atoms with Crippen LogP contribution < -0.4 is 21.3 Å². The smallest absolute Gasteiger partial charge is 0.315 e. The zero-order valence-electron chi connectivity index (χ0n) is 13.6. The van der Waals surface area contributed by atoms with Crippen molar-refractivity contribution in [3.8, 4) is 0 Å². The lowest BCUT2D eigenvalue weighted by atomic mass is 9.96. The summed E-state index contributed by atoms with van der Waals surface area (Å²) in [4.78, 5) is 23.2. The summed E-state index contributed by atoms with van der Waals surface area (Å²) >= 11 is 0. The molecule has 130 valence electrons. The molecule has 22 heavy (non-hydrogen) atoms. The summed E-state index contributed by atoms with van der Waals surface area (Å²) in [5.74, 6) is 0.0439. The average molecular weight is 335 g/mol. The predicted molar refractivity (Wildman–Crippen MR) is 91.4 cm³/mol. The first kappa shape index (κ1) is 21.0. The minimum Gasteiger partial charge on any atom is -0.355 e. The number of rotatable bonds is 9. The Hall–Kier alpha value is -1.01. The highest BCUT2D eigenvalue weighted by molar-refractivity contribution is 5.85. The molecule has 4 N–H and O–H groups in total. The highest BCUT2D eigenvalue weighted by Crippen LogP contribution is 2.16. The molecule has 3 amide bonds.